The maximum Gasteiger partial charge on any atom is 0.328 e. The molecule has 0 spiro atoms. The highest BCUT2D eigenvalue weighted by atomic mass is 16.4. The van der Waals surface area contributed by atoms with Gasteiger partial charge in [-0.1, -0.05) is 68.8 Å². The molecule has 2 heterocycles. The predicted octanol–water partition coefficient (Wildman–Crippen LogP) is 5.05. The molecule has 0 amide bonds. The fraction of sp³-hybridized carbons (Fsp3) is 0.367. The van der Waals surface area contributed by atoms with Crippen molar-refractivity contribution in [3.05, 3.63) is 83.4 Å². The molecule has 1 fully saturated rings. The number of aryl methyl sites for hydroxylation is 1. The lowest BCUT2D eigenvalue weighted by Crippen LogP contribution is -2.49. The van der Waals surface area contributed by atoms with Gasteiger partial charge in [-0.2, -0.15) is 0 Å². The quantitative estimate of drug-likeness (QED) is 0.514. The van der Waals surface area contributed by atoms with Crippen molar-refractivity contribution in [1.82, 2.24) is 9.80 Å². The first kappa shape index (κ1) is 27.9. The molecule has 0 bridgehead atoms. The average molecular weight is 504 g/mol. The van der Waals surface area contributed by atoms with E-state index < -0.39 is 11.9 Å². The molecule has 2 aromatic rings. The van der Waals surface area contributed by atoms with E-state index in [9.17, 15) is 9.59 Å². The van der Waals surface area contributed by atoms with Gasteiger partial charge >= 0.3 is 11.9 Å². The van der Waals surface area contributed by atoms with Crippen molar-refractivity contribution in [2.45, 2.75) is 39.5 Å². The summed E-state index contributed by atoms with van der Waals surface area (Å²) in [6.45, 7) is 10.1. The molecule has 2 aliphatic heterocycles. The fourth-order valence-corrected chi connectivity index (χ4v) is 4.42. The number of amidine groups is 1. The van der Waals surface area contributed by atoms with Gasteiger partial charge in [-0.15, -0.1) is 0 Å². The van der Waals surface area contributed by atoms with Crippen molar-refractivity contribution >= 4 is 29.0 Å². The normalized spacial score (nSPS) is 15.7. The van der Waals surface area contributed by atoms with Gasteiger partial charge in [-0.05, 0) is 48.6 Å². The van der Waals surface area contributed by atoms with Crippen LogP contribution in [-0.4, -0.2) is 70.5 Å². The summed E-state index contributed by atoms with van der Waals surface area (Å²) in [5.74, 6) is -1.37. The molecule has 37 heavy (non-hydrogen) atoms. The van der Waals surface area contributed by atoms with Crippen LogP contribution in [0.5, 0.6) is 0 Å². The Morgan fingerprint density at radius 1 is 0.946 bits per heavy atom. The molecule has 0 aromatic heterocycles. The number of rotatable bonds is 7. The third kappa shape index (κ3) is 8.43. The average Bonchev–Trinajstić information content (AvgIpc) is 3.11. The number of benzene rings is 2. The smallest absolute Gasteiger partial charge is 0.328 e. The highest BCUT2D eigenvalue weighted by Gasteiger charge is 2.24. The molecule has 196 valence electrons. The number of fused-ring (bicyclic) bond motifs is 1. The van der Waals surface area contributed by atoms with E-state index >= 15 is 0 Å². The van der Waals surface area contributed by atoms with Gasteiger partial charge in [0, 0.05) is 43.9 Å². The number of hydrogen-bond acceptors (Lipinski definition) is 5. The highest BCUT2D eigenvalue weighted by molar-refractivity contribution is 6.23. The molecule has 7 heteroatoms. The minimum absolute atomic E-state index is 0.558. The minimum Gasteiger partial charge on any atom is -0.478 e. The van der Waals surface area contributed by atoms with E-state index in [1.165, 1.54) is 41.6 Å². The van der Waals surface area contributed by atoms with E-state index in [4.69, 9.17) is 15.2 Å². The summed E-state index contributed by atoms with van der Waals surface area (Å²) >= 11 is 0. The fourth-order valence-electron chi connectivity index (χ4n) is 4.42. The van der Waals surface area contributed by atoms with Crippen LogP contribution >= 0.6 is 0 Å². The zero-order chi connectivity index (χ0) is 26.6. The van der Waals surface area contributed by atoms with Gasteiger partial charge in [-0.25, -0.2) is 14.6 Å². The molecule has 0 saturated carbocycles. The second kappa shape index (κ2) is 14.1. The zero-order valence-corrected chi connectivity index (χ0v) is 21.8. The molecule has 0 atom stereocenters. The first-order chi connectivity index (χ1) is 17.9. The van der Waals surface area contributed by atoms with Crippen LogP contribution in [0.25, 0.3) is 5.57 Å². The molecule has 7 nitrogen and oxygen atoms in total. The summed E-state index contributed by atoms with van der Waals surface area (Å²) in [6, 6.07) is 17.6. The van der Waals surface area contributed by atoms with Crippen LogP contribution in [0.4, 0.5) is 5.69 Å². The van der Waals surface area contributed by atoms with Crippen molar-refractivity contribution in [3.8, 4) is 0 Å². The number of unbranched alkanes of at least 4 members (excludes halogenated alkanes) is 1. The number of nitrogens with zero attached hydrogens (tertiary/aromatic N) is 3. The van der Waals surface area contributed by atoms with Crippen molar-refractivity contribution in [2.75, 3.05) is 32.7 Å². The molecule has 0 radical (unpaired) electrons. The number of hydrogen-bond donors (Lipinski definition) is 2. The van der Waals surface area contributed by atoms with E-state index in [2.05, 4.69) is 78.3 Å². The molecule has 0 aliphatic carbocycles. The standard InChI is InChI=1S/C26H33N3.C4H4O4/c1-3-5-15-28-16-18-29(19-17-28)26-24(22-9-7-6-8-10-22)13-12-23-20-21(4-2)11-14-25(23)27-26;5-3(6)1-2-4(7)8/h6-11,13-14,20H,3-5,12,15-19H2,1-2H3;1-2H,(H,5,6)(H,7,8)/b;2-1+. The van der Waals surface area contributed by atoms with E-state index in [1.807, 2.05) is 0 Å². The molecular formula is C30H37N3O4. The molecule has 2 aliphatic rings. The minimum atomic E-state index is -1.26. The predicted molar refractivity (Wildman–Crippen MR) is 148 cm³/mol. The summed E-state index contributed by atoms with van der Waals surface area (Å²) in [6.07, 6.45) is 8.08. The van der Waals surface area contributed by atoms with Gasteiger partial charge in [0.1, 0.15) is 5.84 Å². The van der Waals surface area contributed by atoms with Crippen LogP contribution in [-0.2, 0) is 22.4 Å². The molecule has 0 unspecified atom stereocenters. The summed E-state index contributed by atoms with van der Waals surface area (Å²) in [5, 5.41) is 15.6. The lowest BCUT2D eigenvalue weighted by molar-refractivity contribution is -0.134. The summed E-state index contributed by atoms with van der Waals surface area (Å²) < 4.78 is 0. The maximum absolute atomic E-state index is 9.55. The van der Waals surface area contributed by atoms with Gasteiger partial charge < -0.3 is 15.1 Å². The van der Waals surface area contributed by atoms with Gasteiger partial charge in [0.15, 0.2) is 0 Å². The van der Waals surface area contributed by atoms with Crippen LogP contribution in [0, 0.1) is 0 Å². The summed E-state index contributed by atoms with van der Waals surface area (Å²) in [5.41, 5.74) is 6.41. The Balaban J connectivity index is 0.000000414. The molecule has 2 aromatic carbocycles. The van der Waals surface area contributed by atoms with Crippen LogP contribution < -0.4 is 0 Å². The Labute approximate surface area is 219 Å². The lowest BCUT2D eigenvalue weighted by Gasteiger charge is -2.37. The monoisotopic (exact) mass is 503 g/mol. The zero-order valence-electron chi connectivity index (χ0n) is 21.8. The first-order valence-electron chi connectivity index (χ1n) is 13.0. The third-order valence-electron chi connectivity index (χ3n) is 6.50. The van der Waals surface area contributed by atoms with Crippen molar-refractivity contribution in [3.63, 3.8) is 0 Å². The number of aliphatic carboxylic acids is 2. The SMILES string of the molecule is CCCCN1CCN(C2=Nc3ccc(CC)cc3CC=C2c2ccccc2)CC1.O=C(O)/C=C/C(=O)O. The number of carbonyl (C=O) groups is 2. The van der Waals surface area contributed by atoms with Crippen LogP contribution in [0.2, 0.25) is 0 Å². The van der Waals surface area contributed by atoms with E-state index in [-0.39, 0.29) is 0 Å². The van der Waals surface area contributed by atoms with Gasteiger partial charge in [-0.3, -0.25) is 4.90 Å². The van der Waals surface area contributed by atoms with Crippen molar-refractivity contribution in [2.24, 2.45) is 4.99 Å². The maximum atomic E-state index is 9.55. The largest absolute Gasteiger partial charge is 0.478 e. The molecule has 1 saturated heterocycles. The Bertz CT molecular complexity index is 1130. The molecule has 2 N–H and O–H groups in total. The topological polar surface area (TPSA) is 93.4 Å². The third-order valence-corrected chi connectivity index (χ3v) is 6.50. The van der Waals surface area contributed by atoms with Crippen LogP contribution in [0.15, 0.2) is 71.8 Å². The number of carboxylic acid groups (broad SMARTS) is 2. The van der Waals surface area contributed by atoms with Crippen molar-refractivity contribution < 1.29 is 19.8 Å². The Kier molecular flexibility index (Phi) is 10.6. The number of allylic oxidation sites excluding steroid dienone is 1. The lowest BCUT2D eigenvalue weighted by atomic mass is 10.0. The molecule has 4 rings (SSSR count). The first-order valence-corrected chi connectivity index (χ1v) is 13.0. The summed E-state index contributed by atoms with van der Waals surface area (Å²) in [4.78, 5) is 29.5. The highest BCUT2D eigenvalue weighted by Crippen LogP contribution is 2.31. The summed E-state index contributed by atoms with van der Waals surface area (Å²) in [7, 11) is 0. The Hall–Kier alpha value is -3.71. The molecular weight excluding hydrogens is 466 g/mol. The Morgan fingerprint density at radius 3 is 2.22 bits per heavy atom. The van der Waals surface area contributed by atoms with Crippen molar-refractivity contribution in [1.29, 1.82) is 0 Å². The second-order valence-electron chi connectivity index (χ2n) is 9.13. The van der Waals surface area contributed by atoms with Gasteiger partial charge in [0.05, 0.1) is 5.69 Å². The van der Waals surface area contributed by atoms with E-state index in [1.54, 1.807) is 0 Å². The number of aliphatic imine (C=N–C) groups is 1. The Morgan fingerprint density at radius 2 is 1.62 bits per heavy atom. The second-order valence-corrected chi connectivity index (χ2v) is 9.13. The van der Waals surface area contributed by atoms with E-state index in [0.29, 0.717) is 12.2 Å². The number of piperazine rings is 1. The van der Waals surface area contributed by atoms with Gasteiger partial charge in [0.2, 0.25) is 0 Å². The van der Waals surface area contributed by atoms with E-state index in [0.717, 1.165) is 50.5 Å². The van der Waals surface area contributed by atoms with Crippen LogP contribution in [0.1, 0.15) is 43.4 Å². The number of carboxylic acids is 2. The van der Waals surface area contributed by atoms with Crippen LogP contribution in [0.3, 0.4) is 0 Å². The van der Waals surface area contributed by atoms with Gasteiger partial charge in [0.25, 0.3) is 0 Å².